The summed E-state index contributed by atoms with van der Waals surface area (Å²) in [7, 11) is 0. The summed E-state index contributed by atoms with van der Waals surface area (Å²) in [6.45, 7) is 0. The monoisotopic (exact) mass is 554 g/mol. The normalized spacial score (nSPS) is 13.7. The molecule has 0 heteroatoms. The molecule has 0 N–H and O–H groups in total. The highest BCUT2D eigenvalue weighted by Crippen LogP contribution is 2.60. The van der Waals surface area contributed by atoms with E-state index in [4.69, 9.17) is 0 Å². The zero-order chi connectivity index (χ0) is 28.8. The second-order valence-corrected chi connectivity index (χ2v) is 12.1. The first-order valence-electron chi connectivity index (χ1n) is 15.4. The molecule has 2 aliphatic carbocycles. The van der Waals surface area contributed by atoms with E-state index in [-0.39, 0.29) is 0 Å². The van der Waals surface area contributed by atoms with E-state index in [1.807, 2.05) is 0 Å². The van der Waals surface area contributed by atoms with Crippen LogP contribution in [0.15, 0.2) is 158 Å². The second-order valence-electron chi connectivity index (χ2n) is 12.1. The van der Waals surface area contributed by atoms with Gasteiger partial charge >= 0.3 is 0 Å². The lowest BCUT2D eigenvalue weighted by Crippen LogP contribution is -1.94. The molecule has 0 unspecified atom stereocenters. The zero-order valence-corrected chi connectivity index (χ0v) is 24.0. The number of allylic oxidation sites excluding steroid dienone is 2. The van der Waals surface area contributed by atoms with Crippen molar-refractivity contribution >= 4 is 65.4 Å². The van der Waals surface area contributed by atoms with Gasteiger partial charge in [-0.15, -0.1) is 0 Å². The van der Waals surface area contributed by atoms with Crippen molar-refractivity contribution in [1.82, 2.24) is 0 Å². The maximum atomic E-state index is 2.43. The Morgan fingerprint density at radius 3 is 1.20 bits per heavy atom. The predicted octanol–water partition coefficient (Wildman–Crippen LogP) is 11.5. The van der Waals surface area contributed by atoms with Crippen molar-refractivity contribution in [2.75, 3.05) is 0 Å². The summed E-state index contributed by atoms with van der Waals surface area (Å²) in [6.07, 6.45) is 0. The Bertz CT molecular complexity index is 2580. The molecule has 0 saturated heterocycles. The van der Waals surface area contributed by atoms with Crippen LogP contribution in [0.25, 0.3) is 65.4 Å². The van der Waals surface area contributed by atoms with Crippen LogP contribution in [0.2, 0.25) is 0 Å². The number of benzene rings is 8. The summed E-state index contributed by atoms with van der Waals surface area (Å²) in [6, 6.07) is 58.6. The Hall–Kier alpha value is -5.72. The first-order valence-corrected chi connectivity index (χ1v) is 15.4. The van der Waals surface area contributed by atoms with E-state index >= 15 is 0 Å². The van der Waals surface area contributed by atoms with Crippen molar-refractivity contribution in [2.45, 2.75) is 0 Å². The molecule has 10 rings (SSSR count). The van der Waals surface area contributed by atoms with Gasteiger partial charge in [-0.2, -0.15) is 0 Å². The minimum atomic E-state index is 1.26. The van der Waals surface area contributed by atoms with Gasteiger partial charge in [0.15, 0.2) is 0 Å². The van der Waals surface area contributed by atoms with Crippen LogP contribution < -0.4 is 0 Å². The van der Waals surface area contributed by atoms with E-state index < -0.39 is 0 Å². The molecule has 8 aromatic carbocycles. The molecule has 0 amide bonds. The van der Waals surface area contributed by atoms with Crippen LogP contribution in [0.5, 0.6) is 0 Å². The van der Waals surface area contributed by atoms with Gasteiger partial charge < -0.3 is 0 Å². The Balaban J connectivity index is 1.41. The molecule has 2 aliphatic rings. The SMILES string of the molecule is c1ccc(C2=C3C(=C(c4cccc5cc6ccccc6cc45)c4cc5ccccc5cc43)c3cc4ccccc4cc32)cc1. The van der Waals surface area contributed by atoms with Crippen molar-refractivity contribution in [1.29, 1.82) is 0 Å². The van der Waals surface area contributed by atoms with Crippen LogP contribution in [-0.4, -0.2) is 0 Å². The third-order valence-corrected chi connectivity index (χ3v) is 9.68. The van der Waals surface area contributed by atoms with Gasteiger partial charge in [0.05, 0.1) is 0 Å². The third kappa shape index (κ3) is 3.28. The lowest BCUT2D eigenvalue weighted by atomic mass is 9.87. The van der Waals surface area contributed by atoms with Crippen molar-refractivity contribution < 1.29 is 0 Å². The Kier molecular flexibility index (Phi) is 4.81. The molecule has 0 aliphatic heterocycles. The minimum absolute atomic E-state index is 1.26. The lowest BCUT2D eigenvalue weighted by Gasteiger charge is -2.15. The fourth-order valence-corrected chi connectivity index (χ4v) is 7.74. The summed E-state index contributed by atoms with van der Waals surface area (Å²) in [4.78, 5) is 0. The molecule has 0 aromatic heterocycles. The van der Waals surface area contributed by atoms with E-state index in [0.717, 1.165) is 0 Å². The number of hydrogen-bond acceptors (Lipinski definition) is 0. The summed E-state index contributed by atoms with van der Waals surface area (Å²) in [5, 5.41) is 10.2. The topological polar surface area (TPSA) is 0 Å². The van der Waals surface area contributed by atoms with Gasteiger partial charge in [-0.1, -0.05) is 121 Å². The Morgan fingerprint density at radius 1 is 0.227 bits per heavy atom. The van der Waals surface area contributed by atoms with Gasteiger partial charge in [-0.05, 0) is 135 Å². The van der Waals surface area contributed by atoms with Crippen molar-refractivity contribution in [2.24, 2.45) is 0 Å². The van der Waals surface area contributed by atoms with Gasteiger partial charge in [0.1, 0.15) is 0 Å². The van der Waals surface area contributed by atoms with Crippen LogP contribution >= 0.6 is 0 Å². The van der Waals surface area contributed by atoms with Crippen molar-refractivity contribution in [3.05, 3.63) is 191 Å². The van der Waals surface area contributed by atoms with Gasteiger partial charge in [0, 0.05) is 0 Å². The molecule has 8 aromatic rings. The highest BCUT2D eigenvalue weighted by Gasteiger charge is 2.38. The maximum absolute atomic E-state index is 2.43. The standard InChI is InChI=1S/C44H26/c1-2-11-27(12-3-1)41-37-23-30-15-6-8-17-32(30)25-39(37)44-42(38-24-31-16-7-9-18-33(31)26-40(38)43(41)44)35-20-10-19-34-21-28-13-4-5-14-29(28)22-36(34)35/h1-26H. The van der Waals surface area contributed by atoms with Gasteiger partial charge in [-0.25, -0.2) is 0 Å². The van der Waals surface area contributed by atoms with Crippen LogP contribution in [0.3, 0.4) is 0 Å². The zero-order valence-electron chi connectivity index (χ0n) is 24.0. The molecule has 0 fully saturated rings. The van der Waals surface area contributed by atoms with E-state index in [0.29, 0.717) is 0 Å². The number of fused-ring (bicyclic) bond motifs is 9. The maximum Gasteiger partial charge on any atom is -0.000718 e. The highest BCUT2D eigenvalue weighted by molar-refractivity contribution is 6.37. The minimum Gasteiger partial charge on any atom is -0.0622 e. The molecule has 202 valence electrons. The van der Waals surface area contributed by atoms with E-state index in [2.05, 4.69) is 158 Å². The molecule has 0 nitrogen and oxygen atoms in total. The quantitative estimate of drug-likeness (QED) is 0.186. The molecule has 0 saturated carbocycles. The lowest BCUT2D eigenvalue weighted by molar-refractivity contribution is 1.56. The average molecular weight is 555 g/mol. The summed E-state index contributed by atoms with van der Waals surface area (Å²) >= 11 is 0. The summed E-state index contributed by atoms with van der Waals surface area (Å²) in [5.41, 5.74) is 13.2. The van der Waals surface area contributed by atoms with E-state index in [1.54, 1.807) is 0 Å². The molecular weight excluding hydrogens is 528 g/mol. The summed E-state index contributed by atoms with van der Waals surface area (Å²) in [5.74, 6) is 0. The smallest absolute Gasteiger partial charge is 0.000718 e. The number of hydrogen-bond donors (Lipinski definition) is 0. The summed E-state index contributed by atoms with van der Waals surface area (Å²) < 4.78 is 0. The largest absolute Gasteiger partial charge is 0.0622 e. The predicted molar refractivity (Wildman–Crippen MR) is 188 cm³/mol. The van der Waals surface area contributed by atoms with E-state index in [9.17, 15) is 0 Å². The average Bonchev–Trinajstić information content (AvgIpc) is 3.56. The van der Waals surface area contributed by atoms with Crippen LogP contribution in [0, 0.1) is 0 Å². The van der Waals surface area contributed by atoms with Crippen LogP contribution in [-0.2, 0) is 0 Å². The van der Waals surface area contributed by atoms with Crippen LogP contribution in [0.1, 0.15) is 33.4 Å². The molecule has 0 spiro atoms. The van der Waals surface area contributed by atoms with Gasteiger partial charge in [0.2, 0.25) is 0 Å². The first-order chi connectivity index (χ1) is 21.8. The molecule has 44 heavy (non-hydrogen) atoms. The van der Waals surface area contributed by atoms with E-state index in [1.165, 1.54) is 98.8 Å². The van der Waals surface area contributed by atoms with Gasteiger partial charge in [0.25, 0.3) is 0 Å². The fourth-order valence-electron chi connectivity index (χ4n) is 7.74. The van der Waals surface area contributed by atoms with Crippen molar-refractivity contribution in [3.63, 3.8) is 0 Å². The van der Waals surface area contributed by atoms with Crippen molar-refractivity contribution in [3.8, 4) is 0 Å². The fraction of sp³-hybridized carbons (Fsp3) is 0. The Labute approximate surface area is 255 Å². The first kappa shape index (κ1) is 23.8. The molecule has 0 atom stereocenters. The van der Waals surface area contributed by atoms with Gasteiger partial charge in [-0.3, -0.25) is 0 Å². The molecule has 0 bridgehead atoms. The third-order valence-electron chi connectivity index (χ3n) is 9.68. The second kappa shape index (κ2) is 8.89. The number of rotatable bonds is 2. The molecule has 0 heterocycles. The van der Waals surface area contributed by atoms with Crippen LogP contribution in [0.4, 0.5) is 0 Å². The highest BCUT2D eigenvalue weighted by atomic mass is 14.4. The molecular formula is C44H26. The molecule has 0 radical (unpaired) electrons. The Morgan fingerprint density at radius 2 is 0.636 bits per heavy atom.